The Morgan fingerprint density at radius 3 is 2.61 bits per heavy atom. The summed E-state index contributed by atoms with van der Waals surface area (Å²) in [5, 5.41) is 4.03. The number of benzene rings is 1. The average Bonchev–Trinajstić information content (AvgIpc) is 2.39. The summed E-state index contributed by atoms with van der Waals surface area (Å²) in [6, 6.07) is 9.87. The van der Waals surface area contributed by atoms with Crippen molar-refractivity contribution in [1.82, 2.24) is 10.3 Å². The predicted octanol–water partition coefficient (Wildman–Crippen LogP) is 2.82. The van der Waals surface area contributed by atoms with Gasteiger partial charge in [-0.3, -0.25) is 4.98 Å². The Bertz CT molecular complexity index is 511. The van der Waals surface area contributed by atoms with Crippen molar-refractivity contribution < 1.29 is 0 Å². The van der Waals surface area contributed by atoms with E-state index >= 15 is 0 Å². The Morgan fingerprint density at radius 2 is 2.00 bits per heavy atom. The van der Waals surface area contributed by atoms with Gasteiger partial charge in [0.2, 0.25) is 0 Å². The highest BCUT2D eigenvalue weighted by atomic mass is 35.5. The molecule has 1 aromatic carbocycles. The zero-order valence-corrected chi connectivity index (χ0v) is 11.0. The third kappa shape index (κ3) is 3.00. The van der Waals surface area contributed by atoms with Gasteiger partial charge in [0.05, 0.1) is 0 Å². The maximum Gasteiger partial charge on any atom is 0.0406 e. The molecule has 0 saturated heterocycles. The van der Waals surface area contributed by atoms with E-state index in [4.69, 9.17) is 17.3 Å². The number of hydrogen-bond acceptors (Lipinski definition) is 3. The van der Waals surface area contributed by atoms with Gasteiger partial charge in [-0.2, -0.15) is 0 Å². The number of anilines is 1. The molecule has 0 radical (unpaired) electrons. The number of nitrogens with two attached hydrogens (primary N) is 1. The van der Waals surface area contributed by atoms with Crippen molar-refractivity contribution >= 4 is 17.3 Å². The second-order valence-corrected chi connectivity index (χ2v) is 4.61. The lowest BCUT2D eigenvalue weighted by Crippen LogP contribution is -2.19. The Labute approximate surface area is 112 Å². The Balaban J connectivity index is 2.20. The van der Waals surface area contributed by atoms with Crippen LogP contribution in [0, 0.1) is 0 Å². The first kappa shape index (κ1) is 12.9. The van der Waals surface area contributed by atoms with Crippen molar-refractivity contribution in [2.45, 2.75) is 12.5 Å². The van der Waals surface area contributed by atoms with Crippen LogP contribution in [0.4, 0.5) is 5.69 Å². The topological polar surface area (TPSA) is 50.9 Å². The number of nitrogens with zero attached hydrogens (tertiary/aromatic N) is 1. The Hall–Kier alpha value is -1.58. The van der Waals surface area contributed by atoms with Crippen molar-refractivity contribution in [3.63, 3.8) is 0 Å². The molecule has 4 heteroatoms. The fraction of sp³-hybridized carbons (Fsp3) is 0.214. The highest BCUT2D eigenvalue weighted by molar-refractivity contribution is 6.30. The quantitative estimate of drug-likeness (QED) is 0.890. The summed E-state index contributed by atoms with van der Waals surface area (Å²) in [7, 11) is 1.94. The summed E-state index contributed by atoms with van der Waals surface area (Å²) in [6.45, 7) is 0. The first-order valence-electron chi connectivity index (χ1n) is 5.82. The minimum atomic E-state index is 0.203. The molecule has 2 aromatic rings. The van der Waals surface area contributed by atoms with Crippen molar-refractivity contribution in [2.24, 2.45) is 0 Å². The van der Waals surface area contributed by atoms with Crippen molar-refractivity contribution in [3.05, 3.63) is 58.9 Å². The molecule has 1 heterocycles. The molecule has 1 aromatic heterocycles. The lowest BCUT2D eigenvalue weighted by atomic mass is 9.99. The van der Waals surface area contributed by atoms with Crippen LogP contribution in [0.3, 0.4) is 0 Å². The van der Waals surface area contributed by atoms with Crippen LogP contribution in [0.1, 0.15) is 17.2 Å². The maximum atomic E-state index is 5.94. The van der Waals surface area contributed by atoms with E-state index in [1.165, 1.54) is 5.56 Å². The van der Waals surface area contributed by atoms with Crippen molar-refractivity contribution in [1.29, 1.82) is 0 Å². The summed E-state index contributed by atoms with van der Waals surface area (Å²) in [5.74, 6) is 0. The zero-order valence-electron chi connectivity index (χ0n) is 10.2. The van der Waals surface area contributed by atoms with Crippen LogP contribution in [0.5, 0.6) is 0 Å². The van der Waals surface area contributed by atoms with Crippen molar-refractivity contribution in [3.8, 4) is 0 Å². The standard InChI is InChI=1S/C14H16ClN3/c1-17-14(10-2-4-12(15)5-3-10)8-11-9-18-7-6-13(11)16/h2-7,9,14,17H,8H2,1H3,(H2,16,18). The fourth-order valence-corrected chi connectivity index (χ4v) is 2.04. The van der Waals surface area contributed by atoms with E-state index in [-0.39, 0.29) is 6.04 Å². The molecule has 2 rings (SSSR count). The van der Waals surface area contributed by atoms with E-state index in [9.17, 15) is 0 Å². The van der Waals surface area contributed by atoms with Crippen LogP contribution >= 0.6 is 11.6 Å². The third-order valence-electron chi connectivity index (χ3n) is 2.99. The summed E-state index contributed by atoms with van der Waals surface area (Å²) in [4.78, 5) is 4.11. The van der Waals surface area contributed by atoms with Gasteiger partial charge < -0.3 is 11.1 Å². The van der Waals surface area contributed by atoms with E-state index < -0.39 is 0 Å². The van der Waals surface area contributed by atoms with Gasteiger partial charge in [0.15, 0.2) is 0 Å². The predicted molar refractivity (Wildman–Crippen MR) is 75.6 cm³/mol. The molecule has 0 spiro atoms. The van der Waals surface area contributed by atoms with E-state index in [1.807, 2.05) is 43.6 Å². The molecule has 0 saturated carbocycles. The lowest BCUT2D eigenvalue weighted by molar-refractivity contribution is 0.592. The highest BCUT2D eigenvalue weighted by Crippen LogP contribution is 2.22. The first-order valence-corrected chi connectivity index (χ1v) is 6.19. The number of aromatic nitrogens is 1. The molecule has 0 amide bonds. The van der Waals surface area contributed by atoms with E-state index in [1.54, 1.807) is 6.20 Å². The number of halogens is 1. The van der Waals surface area contributed by atoms with E-state index in [2.05, 4.69) is 10.3 Å². The second-order valence-electron chi connectivity index (χ2n) is 4.17. The molecule has 0 aliphatic heterocycles. The van der Waals surface area contributed by atoms with Gasteiger partial charge in [0.1, 0.15) is 0 Å². The molecular weight excluding hydrogens is 246 g/mol. The van der Waals surface area contributed by atoms with Gasteiger partial charge in [-0.05, 0) is 42.8 Å². The molecule has 0 fully saturated rings. The number of nitrogens with one attached hydrogen (secondary N) is 1. The third-order valence-corrected chi connectivity index (χ3v) is 3.24. The fourth-order valence-electron chi connectivity index (χ4n) is 1.91. The minimum Gasteiger partial charge on any atom is -0.398 e. The summed E-state index contributed by atoms with van der Waals surface area (Å²) in [5.41, 5.74) is 8.95. The molecule has 3 N–H and O–H groups in total. The van der Waals surface area contributed by atoms with Gasteiger partial charge in [0, 0.05) is 29.1 Å². The van der Waals surface area contributed by atoms with Gasteiger partial charge in [0.25, 0.3) is 0 Å². The number of rotatable bonds is 4. The Kier molecular flexibility index (Phi) is 4.18. The number of nitrogen functional groups attached to an aromatic ring is 1. The van der Waals surface area contributed by atoms with Crippen LogP contribution in [0.25, 0.3) is 0 Å². The molecule has 0 aliphatic carbocycles. The molecular formula is C14H16ClN3. The minimum absolute atomic E-state index is 0.203. The van der Waals surface area contributed by atoms with Crippen LogP contribution < -0.4 is 11.1 Å². The largest absolute Gasteiger partial charge is 0.398 e. The van der Waals surface area contributed by atoms with Crippen LogP contribution in [0.15, 0.2) is 42.7 Å². The van der Waals surface area contributed by atoms with Crippen LogP contribution in [-0.2, 0) is 6.42 Å². The number of hydrogen-bond donors (Lipinski definition) is 2. The zero-order chi connectivity index (χ0) is 13.0. The molecule has 1 atom stereocenters. The summed E-state index contributed by atoms with van der Waals surface area (Å²) >= 11 is 5.89. The maximum absolute atomic E-state index is 5.94. The summed E-state index contributed by atoms with van der Waals surface area (Å²) < 4.78 is 0. The van der Waals surface area contributed by atoms with E-state index in [0.717, 1.165) is 22.7 Å². The smallest absolute Gasteiger partial charge is 0.0406 e. The van der Waals surface area contributed by atoms with Crippen LogP contribution in [0.2, 0.25) is 5.02 Å². The van der Waals surface area contributed by atoms with Gasteiger partial charge >= 0.3 is 0 Å². The highest BCUT2D eigenvalue weighted by Gasteiger charge is 2.11. The van der Waals surface area contributed by atoms with Gasteiger partial charge in [-0.1, -0.05) is 23.7 Å². The molecule has 0 aliphatic rings. The number of likely N-dealkylation sites (N-methyl/N-ethyl adjacent to an activating group) is 1. The molecule has 3 nitrogen and oxygen atoms in total. The summed E-state index contributed by atoms with van der Waals surface area (Å²) in [6.07, 6.45) is 4.32. The monoisotopic (exact) mass is 261 g/mol. The first-order chi connectivity index (χ1) is 8.70. The SMILES string of the molecule is CNC(Cc1cnccc1N)c1ccc(Cl)cc1. The second kappa shape index (κ2) is 5.85. The number of pyridine rings is 1. The molecule has 18 heavy (non-hydrogen) atoms. The van der Waals surface area contributed by atoms with Gasteiger partial charge in [-0.25, -0.2) is 0 Å². The lowest BCUT2D eigenvalue weighted by Gasteiger charge is -2.17. The normalized spacial score (nSPS) is 12.3. The molecule has 1 unspecified atom stereocenters. The molecule has 94 valence electrons. The Morgan fingerprint density at radius 1 is 1.28 bits per heavy atom. The van der Waals surface area contributed by atoms with E-state index in [0.29, 0.717) is 0 Å². The van der Waals surface area contributed by atoms with Crippen molar-refractivity contribution in [2.75, 3.05) is 12.8 Å². The van der Waals surface area contributed by atoms with Gasteiger partial charge in [-0.15, -0.1) is 0 Å². The van der Waals surface area contributed by atoms with Crippen LogP contribution in [-0.4, -0.2) is 12.0 Å². The molecule has 0 bridgehead atoms. The average molecular weight is 262 g/mol.